The molecule has 4 unspecified atom stereocenters. The van der Waals surface area contributed by atoms with Gasteiger partial charge in [-0.3, -0.25) is 0 Å². The smallest absolute Gasteiger partial charge is 0.134 e. The molecule has 4 atom stereocenters. The van der Waals surface area contributed by atoms with E-state index in [0.29, 0.717) is 42.5 Å². The first-order valence-electron chi connectivity index (χ1n) is 17.8. The van der Waals surface area contributed by atoms with Crippen molar-refractivity contribution in [2.75, 3.05) is 0 Å². The summed E-state index contributed by atoms with van der Waals surface area (Å²) in [6, 6.07) is 12.5. The molecule has 8 aliphatic carbocycles. The van der Waals surface area contributed by atoms with Gasteiger partial charge < -0.3 is 10.2 Å². The highest BCUT2D eigenvalue weighted by Gasteiger charge is 2.77. The Bertz CT molecular complexity index is 1370. The van der Waals surface area contributed by atoms with E-state index in [1.54, 1.807) is 0 Å². The first-order valence-corrected chi connectivity index (χ1v) is 18.5. The Morgan fingerprint density at radius 3 is 1.07 bits per heavy atom. The Labute approximate surface area is 275 Å². The van der Waals surface area contributed by atoms with Gasteiger partial charge in [-0.25, -0.2) is 0 Å². The first-order chi connectivity index (χ1) is 20.8. The summed E-state index contributed by atoms with van der Waals surface area (Å²) in [6.07, 6.45) is 21.0. The molecule has 44 heavy (non-hydrogen) atoms. The zero-order chi connectivity index (χ0) is 31.0. The molecule has 4 heteroatoms. The average molecular weight is 636 g/mol. The fourth-order valence-corrected chi connectivity index (χ4v) is 15.4. The van der Waals surface area contributed by atoms with Crippen molar-refractivity contribution in [3.05, 3.63) is 57.6 Å². The molecular weight excluding hydrogens is 583 g/mol. The Balaban J connectivity index is 1.35. The minimum Gasteiger partial charge on any atom is -0.506 e. The van der Waals surface area contributed by atoms with Crippen LogP contribution >= 0.6 is 23.2 Å². The molecule has 0 saturated heterocycles. The lowest BCUT2D eigenvalue weighted by Crippen LogP contribution is -2.72. The fourth-order valence-electron chi connectivity index (χ4n) is 15.0. The Kier molecular flexibility index (Phi) is 6.24. The van der Waals surface area contributed by atoms with Crippen molar-refractivity contribution in [1.82, 2.24) is 0 Å². The highest BCUT2D eigenvalue weighted by atomic mass is 35.5. The van der Waals surface area contributed by atoms with Crippen molar-refractivity contribution in [3.63, 3.8) is 0 Å². The van der Waals surface area contributed by atoms with Crippen molar-refractivity contribution in [1.29, 1.82) is 0 Å². The van der Waals surface area contributed by atoms with E-state index in [9.17, 15) is 10.2 Å². The molecule has 8 bridgehead atoms. The number of phenols is 2. The third-order valence-corrected chi connectivity index (χ3v) is 16.4. The van der Waals surface area contributed by atoms with E-state index >= 15 is 0 Å². The number of aromatic hydroxyl groups is 2. The second-order valence-electron chi connectivity index (χ2n) is 18.0. The van der Waals surface area contributed by atoms with Gasteiger partial charge in [-0.2, -0.15) is 0 Å². The summed E-state index contributed by atoms with van der Waals surface area (Å²) in [5.41, 5.74) is 5.08. The van der Waals surface area contributed by atoms with Crippen LogP contribution < -0.4 is 0 Å². The molecule has 0 aromatic heterocycles. The lowest BCUT2D eigenvalue weighted by atomic mass is 9.23. The summed E-state index contributed by atoms with van der Waals surface area (Å²) in [5.74, 6) is 0.409. The van der Waals surface area contributed by atoms with E-state index in [1.807, 2.05) is 12.1 Å². The minimum atomic E-state index is 0.120. The van der Waals surface area contributed by atoms with Crippen LogP contribution in [0.4, 0.5) is 0 Å². The maximum atomic E-state index is 10.5. The molecule has 2 nitrogen and oxygen atoms in total. The fraction of sp³-hybridized carbons (Fsp3) is 0.700. The van der Waals surface area contributed by atoms with E-state index in [2.05, 4.69) is 52.0 Å². The average Bonchev–Trinajstić information content (AvgIpc) is 2.98. The van der Waals surface area contributed by atoms with Crippen LogP contribution in [-0.2, 0) is 10.8 Å². The number of rotatable bonds is 7. The topological polar surface area (TPSA) is 40.5 Å². The molecule has 0 spiro atoms. The van der Waals surface area contributed by atoms with E-state index in [4.69, 9.17) is 23.2 Å². The second kappa shape index (κ2) is 9.15. The van der Waals surface area contributed by atoms with Crippen molar-refractivity contribution in [3.8, 4) is 11.5 Å². The predicted molar refractivity (Wildman–Crippen MR) is 181 cm³/mol. The molecule has 0 aliphatic heterocycles. The van der Waals surface area contributed by atoms with Crippen molar-refractivity contribution in [2.45, 2.75) is 141 Å². The first kappa shape index (κ1) is 30.0. The maximum Gasteiger partial charge on any atom is 0.134 e. The van der Waals surface area contributed by atoms with Crippen LogP contribution in [0.2, 0.25) is 10.0 Å². The number of phenolic OH excluding ortho intramolecular Hbond substituents is 2. The number of benzene rings is 2. The van der Waals surface area contributed by atoms with Crippen molar-refractivity contribution in [2.24, 2.45) is 32.5 Å². The second-order valence-corrected chi connectivity index (χ2v) is 18.8. The van der Waals surface area contributed by atoms with Gasteiger partial charge in [-0.1, -0.05) is 88.7 Å². The molecule has 2 aromatic carbocycles. The molecule has 0 radical (unpaired) electrons. The van der Waals surface area contributed by atoms with E-state index in [-0.39, 0.29) is 22.3 Å². The summed E-state index contributed by atoms with van der Waals surface area (Å²) in [5, 5.41) is 21.9. The zero-order valence-corrected chi connectivity index (χ0v) is 28.9. The summed E-state index contributed by atoms with van der Waals surface area (Å²) < 4.78 is 0. The highest BCUT2D eigenvalue weighted by Crippen LogP contribution is 2.86. The molecule has 8 aliphatic rings. The number of hydrogen-bond acceptors (Lipinski definition) is 2. The molecule has 8 saturated carbocycles. The molecule has 2 N–H and O–H groups in total. The molecule has 10 rings (SSSR count). The lowest BCUT2D eigenvalue weighted by molar-refractivity contribution is -0.286. The molecule has 2 aromatic rings. The maximum absolute atomic E-state index is 10.5. The Hall–Kier alpha value is -1.38. The lowest BCUT2D eigenvalue weighted by Gasteiger charge is -2.81. The van der Waals surface area contributed by atoms with Crippen LogP contribution in [0.3, 0.4) is 0 Å². The summed E-state index contributed by atoms with van der Waals surface area (Å²) in [7, 11) is 0. The zero-order valence-electron chi connectivity index (χ0n) is 27.4. The van der Waals surface area contributed by atoms with Crippen LogP contribution in [0.15, 0.2) is 36.4 Å². The van der Waals surface area contributed by atoms with Gasteiger partial charge in [0.25, 0.3) is 0 Å². The summed E-state index contributed by atoms with van der Waals surface area (Å²) in [6.45, 7) is 9.95. The Morgan fingerprint density at radius 2 is 0.795 bits per heavy atom. The van der Waals surface area contributed by atoms with Gasteiger partial charge in [0.1, 0.15) is 11.5 Å². The van der Waals surface area contributed by atoms with Crippen LogP contribution in [0, 0.1) is 32.5 Å². The van der Waals surface area contributed by atoms with Gasteiger partial charge in [-0.05, 0) is 156 Å². The molecule has 238 valence electrons. The van der Waals surface area contributed by atoms with E-state index < -0.39 is 0 Å². The number of hydrogen-bond donors (Lipinski definition) is 2. The third kappa shape index (κ3) is 3.80. The van der Waals surface area contributed by atoms with Crippen LogP contribution in [-0.4, -0.2) is 10.2 Å². The van der Waals surface area contributed by atoms with E-state index in [1.165, 1.54) is 114 Å². The van der Waals surface area contributed by atoms with Crippen LogP contribution in [0.5, 0.6) is 11.5 Å². The largest absolute Gasteiger partial charge is 0.506 e. The van der Waals surface area contributed by atoms with Gasteiger partial charge in [0.2, 0.25) is 0 Å². The molecule has 8 fully saturated rings. The minimum absolute atomic E-state index is 0.120. The third-order valence-electron chi connectivity index (χ3n) is 15.8. The van der Waals surface area contributed by atoms with Crippen LogP contribution in [0.1, 0.15) is 142 Å². The van der Waals surface area contributed by atoms with Gasteiger partial charge in [0.05, 0.1) is 10.0 Å². The predicted octanol–water partition coefficient (Wildman–Crippen LogP) is 11.9. The van der Waals surface area contributed by atoms with Crippen molar-refractivity contribution >= 4 is 23.2 Å². The van der Waals surface area contributed by atoms with Gasteiger partial charge in [0.15, 0.2) is 0 Å². The van der Waals surface area contributed by atoms with Gasteiger partial charge in [0, 0.05) is 0 Å². The highest BCUT2D eigenvalue weighted by molar-refractivity contribution is 6.32. The van der Waals surface area contributed by atoms with Gasteiger partial charge >= 0.3 is 0 Å². The standard InChI is InChI=1S/C40H52Cl2O2/c1-5-33-15-34(6-2)18-37(17-33,27-9-11-31(43)29(41)13-27)25-39(21-33,22-34)40-23-35(7-3)16-36(8-4,24-40)20-38(19-35,26-40)28-10-12-32(44)30(42)14-28/h9-14,43-44H,5-8,15-26H2,1-4H3. The molecule has 0 heterocycles. The normalized spacial score (nSPS) is 46.6. The molecular formula is C40H52Cl2O2. The SMILES string of the molecule is CCC12CC3(CC)CC(c4ccc(O)c(Cl)c4)(C1)CC(C14CC5(CC)CC(CC)(CC(c6ccc(O)c(Cl)c6)(C5)C1)C4)(C2)C3. The Morgan fingerprint density at radius 1 is 0.477 bits per heavy atom. The molecule has 0 amide bonds. The number of halogens is 2. The van der Waals surface area contributed by atoms with E-state index in [0.717, 1.165) is 0 Å². The summed E-state index contributed by atoms with van der Waals surface area (Å²) in [4.78, 5) is 0. The summed E-state index contributed by atoms with van der Waals surface area (Å²) >= 11 is 13.4. The monoisotopic (exact) mass is 634 g/mol. The quantitative estimate of drug-likeness (QED) is 0.318. The van der Waals surface area contributed by atoms with Crippen LogP contribution in [0.25, 0.3) is 0 Å². The van der Waals surface area contributed by atoms with Gasteiger partial charge in [-0.15, -0.1) is 0 Å². The van der Waals surface area contributed by atoms with Crippen molar-refractivity contribution < 1.29 is 10.2 Å².